The smallest absolute Gasteiger partial charge is 0.0477 e. The monoisotopic (exact) mass is 255 g/mol. The van der Waals surface area contributed by atoms with Gasteiger partial charge in [0.1, 0.15) is 0 Å². The van der Waals surface area contributed by atoms with Crippen molar-refractivity contribution < 1.29 is 4.74 Å². The minimum atomic E-state index is 0.385. The number of halogens is 1. The van der Waals surface area contributed by atoms with Gasteiger partial charge in [0.25, 0.3) is 0 Å². The van der Waals surface area contributed by atoms with E-state index in [1.54, 1.807) is 0 Å². The van der Waals surface area contributed by atoms with Gasteiger partial charge in [-0.05, 0) is 44.0 Å². The quantitative estimate of drug-likeness (QED) is 0.714. The van der Waals surface area contributed by atoms with Crippen LogP contribution in [0.2, 0.25) is 5.02 Å². The van der Waals surface area contributed by atoms with Crippen molar-refractivity contribution in [3.63, 3.8) is 0 Å². The molecule has 2 nitrogen and oxygen atoms in total. The van der Waals surface area contributed by atoms with E-state index in [0.717, 1.165) is 37.6 Å². The third-order valence-electron chi connectivity index (χ3n) is 2.72. The molecule has 0 amide bonds. The number of hydrogen-bond acceptors (Lipinski definition) is 2. The van der Waals surface area contributed by atoms with Crippen molar-refractivity contribution in [1.82, 2.24) is 5.32 Å². The van der Waals surface area contributed by atoms with Crippen LogP contribution in [0.3, 0.4) is 0 Å². The van der Waals surface area contributed by atoms with Crippen LogP contribution in [-0.4, -0.2) is 19.8 Å². The van der Waals surface area contributed by atoms with E-state index in [9.17, 15) is 0 Å². The van der Waals surface area contributed by atoms with Crippen LogP contribution in [0.4, 0.5) is 0 Å². The molecule has 1 aromatic rings. The fourth-order valence-electron chi connectivity index (χ4n) is 1.82. The molecule has 0 saturated carbocycles. The van der Waals surface area contributed by atoms with E-state index in [1.165, 1.54) is 5.56 Å². The van der Waals surface area contributed by atoms with Gasteiger partial charge in [-0.2, -0.15) is 0 Å². The van der Waals surface area contributed by atoms with Crippen molar-refractivity contribution in [1.29, 1.82) is 0 Å². The van der Waals surface area contributed by atoms with Crippen molar-refractivity contribution >= 4 is 11.6 Å². The van der Waals surface area contributed by atoms with Crippen LogP contribution in [0.25, 0.3) is 0 Å². The normalized spacial score (nSPS) is 12.6. The second-order valence-electron chi connectivity index (χ2n) is 4.02. The zero-order chi connectivity index (χ0) is 12.5. The highest BCUT2D eigenvalue weighted by molar-refractivity contribution is 6.30. The van der Waals surface area contributed by atoms with E-state index >= 15 is 0 Å². The fraction of sp³-hybridized carbons (Fsp3) is 0.571. The van der Waals surface area contributed by atoms with E-state index in [-0.39, 0.29) is 0 Å². The fourth-order valence-corrected chi connectivity index (χ4v) is 2.01. The van der Waals surface area contributed by atoms with Gasteiger partial charge in [0.05, 0.1) is 0 Å². The Morgan fingerprint density at radius 1 is 1.35 bits per heavy atom. The molecule has 1 aromatic carbocycles. The van der Waals surface area contributed by atoms with Crippen molar-refractivity contribution in [3.05, 3.63) is 34.9 Å². The van der Waals surface area contributed by atoms with E-state index < -0.39 is 0 Å². The summed E-state index contributed by atoms with van der Waals surface area (Å²) in [4.78, 5) is 0. The molecule has 3 heteroatoms. The number of benzene rings is 1. The Balaban J connectivity index is 2.38. The molecular weight excluding hydrogens is 234 g/mol. The van der Waals surface area contributed by atoms with Gasteiger partial charge in [-0.25, -0.2) is 0 Å². The molecule has 0 aliphatic carbocycles. The summed E-state index contributed by atoms with van der Waals surface area (Å²) in [7, 11) is 0. The first kappa shape index (κ1) is 14.5. The van der Waals surface area contributed by atoms with Crippen molar-refractivity contribution in [2.24, 2.45) is 0 Å². The molecule has 17 heavy (non-hydrogen) atoms. The average molecular weight is 256 g/mol. The molecule has 0 radical (unpaired) electrons. The molecule has 1 N–H and O–H groups in total. The summed E-state index contributed by atoms with van der Waals surface area (Å²) in [6.45, 7) is 6.81. The van der Waals surface area contributed by atoms with Gasteiger partial charge >= 0.3 is 0 Å². The average Bonchev–Trinajstić information content (AvgIpc) is 2.34. The topological polar surface area (TPSA) is 21.3 Å². The lowest BCUT2D eigenvalue weighted by molar-refractivity contribution is 0.144. The number of rotatable bonds is 8. The Morgan fingerprint density at radius 2 is 2.18 bits per heavy atom. The molecular formula is C14H22ClNO. The van der Waals surface area contributed by atoms with Gasteiger partial charge < -0.3 is 10.1 Å². The summed E-state index contributed by atoms with van der Waals surface area (Å²) in [5.74, 6) is 0. The lowest BCUT2D eigenvalue weighted by Gasteiger charge is -2.17. The van der Waals surface area contributed by atoms with Crippen LogP contribution < -0.4 is 5.32 Å². The second kappa shape index (κ2) is 8.51. The Labute approximate surface area is 109 Å². The minimum absolute atomic E-state index is 0.385. The van der Waals surface area contributed by atoms with Crippen LogP contribution >= 0.6 is 11.6 Å². The molecule has 0 saturated heterocycles. The molecule has 0 fully saturated rings. The summed E-state index contributed by atoms with van der Waals surface area (Å²) in [6.07, 6.45) is 2.11. The van der Waals surface area contributed by atoms with E-state index in [1.807, 2.05) is 25.1 Å². The first-order valence-corrected chi connectivity index (χ1v) is 6.72. The van der Waals surface area contributed by atoms with Crippen LogP contribution in [0, 0.1) is 0 Å². The van der Waals surface area contributed by atoms with Gasteiger partial charge in [-0.15, -0.1) is 0 Å². The summed E-state index contributed by atoms with van der Waals surface area (Å²) in [5, 5.41) is 4.34. The highest BCUT2D eigenvalue weighted by atomic mass is 35.5. The Hall–Kier alpha value is -0.570. The van der Waals surface area contributed by atoms with Crippen LogP contribution in [0.1, 0.15) is 38.3 Å². The number of hydrogen-bond donors (Lipinski definition) is 1. The second-order valence-corrected chi connectivity index (χ2v) is 4.46. The van der Waals surface area contributed by atoms with E-state index in [4.69, 9.17) is 16.3 Å². The number of ether oxygens (including phenoxy) is 1. The van der Waals surface area contributed by atoms with Crippen LogP contribution in [0.15, 0.2) is 24.3 Å². The summed E-state index contributed by atoms with van der Waals surface area (Å²) in [6, 6.07) is 8.45. The maximum absolute atomic E-state index is 6.00. The SMILES string of the molecule is CCOCCCNC(CC)c1cccc(Cl)c1. The highest BCUT2D eigenvalue weighted by Crippen LogP contribution is 2.20. The summed E-state index contributed by atoms with van der Waals surface area (Å²) >= 11 is 6.00. The summed E-state index contributed by atoms with van der Waals surface area (Å²) in [5.41, 5.74) is 1.26. The summed E-state index contributed by atoms with van der Waals surface area (Å²) < 4.78 is 5.31. The van der Waals surface area contributed by atoms with E-state index in [2.05, 4.69) is 18.3 Å². The van der Waals surface area contributed by atoms with Gasteiger partial charge in [-0.1, -0.05) is 30.7 Å². The highest BCUT2D eigenvalue weighted by Gasteiger charge is 2.08. The molecule has 1 rings (SSSR count). The van der Waals surface area contributed by atoms with Crippen LogP contribution in [0.5, 0.6) is 0 Å². The first-order chi connectivity index (χ1) is 8.27. The van der Waals surface area contributed by atoms with Crippen LogP contribution in [-0.2, 0) is 4.74 Å². The molecule has 0 aliphatic heterocycles. The van der Waals surface area contributed by atoms with Crippen molar-refractivity contribution in [2.45, 2.75) is 32.7 Å². The molecule has 0 aliphatic rings. The minimum Gasteiger partial charge on any atom is -0.382 e. The molecule has 1 unspecified atom stereocenters. The third-order valence-corrected chi connectivity index (χ3v) is 2.95. The maximum Gasteiger partial charge on any atom is 0.0477 e. The van der Waals surface area contributed by atoms with Gasteiger partial charge in [-0.3, -0.25) is 0 Å². The third kappa shape index (κ3) is 5.53. The largest absolute Gasteiger partial charge is 0.382 e. The van der Waals surface area contributed by atoms with Crippen molar-refractivity contribution in [2.75, 3.05) is 19.8 Å². The molecule has 96 valence electrons. The predicted molar refractivity (Wildman–Crippen MR) is 73.6 cm³/mol. The van der Waals surface area contributed by atoms with Crippen molar-refractivity contribution in [3.8, 4) is 0 Å². The maximum atomic E-state index is 6.00. The standard InChI is InChI=1S/C14H22ClNO/c1-3-14(16-9-6-10-17-4-2)12-7-5-8-13(15)11-12/h5,7-8,11,14,16H,3-4,6,9-10H2,1-2H3. The van der Waals surface area contributed by atoms with Gasteiger partial charge in [0, 0.05) is 24.3 Å². The predicted octanol–water partition coefficient (Wildman–Crippen LogP) is 3.81. The lowest BCUT2D eigenvalue weighted by atomic mass is 10.0. The Morgan fingerprint density at radius 3 is 2.82 bits per heavy atom. The number of nitrogens with one attached hydrogen (secondary N) is 1. The molecule has 0 bridgehead atoms. The molecule has 0 heterocycles. The zero-order valence-corrected chi connectivity index (χ0v) is 11.5. The first-order valence-electron chi connectivity index (χ1n) is 6.34. The molecule has 0 aromatic heterocycles. The molecule has 0 spiro atoms. The van der Waals surface area contributed by atoms with Gasteiger partial charge in [0.15, 0.2) is 0 Å². The Kier molecular flexibility index (Phi) is 7.25. The van der Waals surface area contributed by atoms with E-state index in [0.29, 0.717) is 6.04 Å². The zero-order valence-electron chi connectivity index (χ0n) is 10.7. The molecule has 1 atom stereocenters. The Bertz CT molecular complexity index is 317. The van der Waals surface area contributed by atoms with Gasteiger partial charge in [0.2, 0.25) is 0 Å². The lowest BCUT2D eigenvalue weighted by Crippen LogP contribution is -2.22.